The highest BCUT2D eigenvalue weighted by Crippen LogP contribution is 2.30. The number of hydrazine groups is 1. The van der Waals surface area contributed by atoms with Crippen LogP contribution in [0.1, 0.15) is 44.9 Å². The predicted molar refractivity (Wildman–Crippen MR) is 78.8 cm³/mol. The van der Waals surface area contributed by atoms with Crippen molar-refractivity contribution in [2.24, 2.45) is 17.7 Å². The van der Waals surface area contributed by atoms with E-state index in [0.29, 0.717) is 5.82 Å². The molecule has 5 heteroatoms. The summed E-state index contributed by atoms with van der Waals surface area (Å²) in [6.07, 6.45) is 6.75. The highest BCUT2D eigenvalue weighted by Gasteiger charge is 2.17. The molecular formula is C14H25N5. The number of hydrogen-bond donors (Lipinski definition) is 3. The third-order valence-corrected chi connectivity index (χ3v) is 3.98. The molecule has 0 radical (unpaired) electrons. The van der Waals surface area contributed by atoms with Gasteiger partial charge in [0, 0.05) is 12.6 Å². The molecule has 0 aliphatic heterocycles. The maximum atomic E-state index is 5.38. The molecule has 2 rings (SSSR count). The van der Waals surface area contributed by atoms with Crippen molar-refractivity contribution < 1.29 is 0 Å². The number of nitrogen functional groups attached to an aromatic ring is 1. The molecule has 0 amide bonds. The van der Waals surface area contributed by atoms with Crippen molar-refractivity contribution in [3.05, 3.63) is 11.9 Å². The van der Waals surface area contributed by atoms with E-state index in [1.165, 1.54) is 32.1 Å². The van der Waals surface area contributed by atoms with E-state index >= 15 is 0 Å². The lowest BCUT2D eigenvalue weighted by Gasteiger charge is -2.26. The Hall–Kier alpha value is -1.36. The molecule has 0 spiro atoms. The van der Waals surface area contributed by atoms with Crippen molar-refractivity contribution in [1.29, 1.82) is 0 Å². The molecule has 1 fully saturated rings. The second-order valence-electron chi connectivity index (χ2n) is 5.67. The molecule has 0 atom stereocenters. The molecule has 5 nitrogen and oxygen atoms in total. The fraction of sp³-hybridized carbons (Fsp3) is 0.714. The Morgan fingerprint density at radius 1 is 1.21 bits per heavy atom. The Labute approximate surface area is 115 Å². The molecule has 1 aromatic rings. The van der Waals surface area contributed by atoms with Crippen LogP contribution >= 0.6 is 0 Å². The third kappa shape index (κ3) is 4.35. The number of nitrogens with one attached hydrogen (secondary N) is 2. The standard InChI is InChI=1S/C14H25N5/c1-10-3-5-12(6-4-10)7-8-16-13-9-14(19-15)18-11(2)17-13/h9-10,12H,3-8,15H2,1-2H3,(H2,16,17,18,19). The van der Waals surface area contributed by atoms with Crippen molar-refractivity contribution in [2.45, 2.75) is 46.0 Å². The van der Waals surface area contributed by atoms with Gasteiger partial charge in [0.1, 0.15) is 17.5 Å². The molecule has 1 aliphatic carbocycles. The molecular weight excluding hydrogens is 238 g/mol. The SMILES string of the molecule is Cc1nc(NN)cc(NCCC2CCC(C)CC2)n1. The Kier molecular flexibility index (Phi) is 4.96. The lowest BCUT2D eigenvalue weighted by Crippen LogP contribution is -2.16. The van der Waals surface area contributed by atoms with Crippen LogP contribution in [0.25, 0.3) is 0 Å². The average molecular weight is 263 g/mol. The summed E-state index contributed by atoms with van der Waals surface area (Å²) in [6, 6.07) is 1.84. The summed E-state index contributed by atoms with van der Waals surface area (Å²) >= 11 is 0. The summed E-state index contributed by atoms with van der Waals surface area (Å²) in [4.78, 5) is 8.53. The van der Waals surface area contributed by atoms with Gasteiger partial charge >= 0.3 is 0 Å². The molecule has 0 saturated heterocycles. The Balaban J connectivity index is 1.77. The lowest BCUT2D eigenvalue weighted by atomic mass is 9.81. The van der Waals surface area contributed by atoms with Gasteiger partial charge in [-0.25, -0.2) is 15.8 Å². The first-order valence-corrected chi connectivity index (χ1v) is 7.23. The quantitative estimate of drug-likeness (QED) is 0.562. The molecule has 0 bridgehead atoms. The molecule has 0 unspecified atom stereocenters. The molecule has 106 valence electrons. The first kappa shape index (κ1) is 14.1. The van der Waals surface area contributed by atoms with Gasteiger partial charge in [-0.1, -0.05) is 32.6 Å². The molecule has 0 aromatic carbocycles. The molecule has 1 heterocycles. The van der Waals surface area contributed by atoms with E-state index in [-0.39, 0.29) is 0 Å². The van der Waals surface area contributed by atoms with E-state index in [2.05, 4.69) is 27.6 Å². The minimum atomic E-state index is 0.654. The maximum absolute atomic E-state index is 5.38. The zero-order valence-corrected chi connectivity index (χ0v) is 11.9. The first-order chi connectivity index (χ1) is 9.17. The number of rotatable bonds is 5. The maximum Gasteiger partial charge on any atom is 0.145 e. The summed E-state index contributed by atoms with van der Waals surface area (Å²) in [5.74, 6) is 9.41. The molecule has 19 heavy (non-hydrogen) atoms. The smallest absolute Gasteiger partial charge is 0.145 e. The summed E-state index contributed by atoms with van der Waals surface area (Å²) in [5.41, 5.74) is 2.56. The summed E-state index contributed by atoms with van der Waals surface area (Å²) < 4.78 is 0. The zero-order valence-electron chi connectivity index (χ0n) is 11.9. The van der Waals surface area contributed by atoms with Gasteiger partial charge in [-0.2, -0.15) is 0 Å². The van der Waals surface area contributed by atoms with Gasteiger partial charge in [-0.05, 0) is 25.2 Å². The largest absolute Gasteiger partial charge is 0.370 e. The number of nitrogens with zero attached hydrogens (tertiary/aromatic N) is 2. The second kappa shape index (κ2) is 6.70. The minimum Gasteiger partial charge on any atom is -0.370 e. The van der Waals surface area contributed by atoms with Crippen LogP contribution in [0.4, 0.5) is 11.6 Å². The zero-order chi connectivity index (χ0) is 13.7. The van der Waals surface area contributed by atoms with Crippen molar-refractivity contribution in [1.82, 2.24) is 9.97 Å². The second-order valence-corrected chi connectivity index (χ2v) is 5.67. The van der Waals surface area contributed by atoms with E-state index in [1.54, 1.807) is 0 Å². The van der Waals surface area contributed by atoms with E-state index in [9.17, 15) is 0 Å². The third-order valence-electron chi connectivity index (χ3n) is 3.98. The predicted octanol–water partition coefficient (Wildman–Crippen LogP) is 2.70. The summed E-state index contributed by atoms with van der Waals surface area (Å²) in [7, 11) is 0. The Morgan fingerprint density at radius 2 is 1.89 bits per heavy atom. The molecule has 1 aromatic heterocycles. The summed E-state index contributed by atoms with van der Waals surface area (Å²) in [6.45, 7) is 5.20. The van der Waals surface area contributed by atoms with Crippen molar-refractivity contribution in [2.75, 3.05) is 17.3 Å². The number of aromatic nitrogens is 2. The van der Waals surface area contributed by atoms with Gasteiger partial charge in [0.2, 0.25) is 0 Å². The number of anilines is 2. The fourth-order valence-corrected chi connectivity index (χ4v) is 2.75. The Bertz CT molecular complexity index is 399. The lowest BCUT2D eigenvalue weighted by molar-refractivity contribution is 0.282. The van der Waals surface area contributed by atoms with Crippen LogP contribution in [-0.2, 0) is 0 Å². The van der Waals surface area contributed by atoms with Gasteiger partial charge in [-0.15, -0.1) is 0 Å². The average Bonchev–Trinajstić information content (AvgIpc) is 2.40. The summed E-state index contributed by atoms with van der Waals surface area (Å²) in [5, 5.41) is 3.37. The normalized spacial score (nSPS) is 23.1. The molecule has 1 saturated carbocycles. The van der Waals surface area contributed by atoms with Gasteiger partial charge < -0.3 is 10.7 Å². The Morgan fingerprint density at radius 3 is 2.58 bits per heavy atom. The highest BCUT2D eigenvalue weighted by atomic mass is 15.3. The van der Waals surface area contributed by atoms with Gasteiger partial charge in [0.15, 0.2) is 0 Å². The number of aryl methyl sites for hydroxylation is 1. The van der Waals surface area contributed by atoms with Crippen molar-refractivity contribution >= 4 is 11.6 Å². The molecule has 1 aliphatic rings. The van der Waals surface area contributed by atoms with Crippen LogP contribution in [0.3, 0.4) is 0 Å². The van der Waals surface area contributed by atoms with Gasteiger partial charge in [-0.3, -0.25) is 0 Å². The van der Waals surface area contributed by atoms with Crippen molar-refractivity contribution in [3.8, 4) is 0 Å². The van der Waals surface area contributed by atoms with E-state index in [0.717, 1.165) is 30.0 Å². The van der Waals surface area contributed by atoms with Crippen LogP contribution < -0.4 is 16.6 Å². The minimum absolute atomic E-state index is 0.654. The van der Waals surface area contributed by atoms with E-state index in [4.69, 9.17) is 5.84 Å². The highest BCUT2D eigenvalue weighted by molar-refractivity contribution is 5.46. The van der Waals surface area contributed by atoms with Crippen LogP contribution in [0, 0.1) is 18.8 Å². The van der Waals surface area contributed by atoms with E-state index < -0.39 is 0 Å². The van der Waals surface area contributed by atoms with Crippen LogP contribution in [-0.4, -0.2) is 16.5 Å². The van der Waals surface area contributed by atoms with Crippen LogP contribution in [0.15, 0.2) is 6.07 Å². The fourth-order valence-electron chi connectivity index (χ4n) is 2.75. The topological polar surface area (TPSA) is 75.9 Å². The van der Waals surface area contributed by atoms with Crippen LogP contribution in [0.5, 0.6) is 0 Å². The monoisotopic (exact) mass is 263 g/mol. The van der Waals surface area contributed by atoms with Crippen LogP contribution in [0.2, 0.25) is 0 Å². The van der Waals surface area contributed by atoms with E-state index in [1.807, 2.05) is 13.0 Å². The van der Waals surface area contributed by atoms with Gasteiger partial charge in [0.05, 0.1) is 0 Å². The van der Waals surface area contributed by atoms with Gasteiger partial charge in [0.25, 0.3) is 0 Å². The molecule has 4 N–H and O–H groups in total. The number of nitrogens with two attached hydrogens (primary N) is 1. The number of hydrogen-bond acceptors (Lipinski definition) is 5. The first-order valence-electron chi connectivity index (χ1n) is 7.23. The van der Waals surface area contributed by atoms with Crippen molar-refractivity contribution in [3.63, 3.8) is 0 Å².